The van der Waals surface area contributed by atoms with Crippen LogP contribution in [0, 0.1) is 17.2 Å². The highest BCUT2D eigenvalue weighted by Crippen LogP contribution is 2.16. The molecule has 0 saturated carbocycles. The number of hydrogen-bond acceptors (Lipinski definition) is 3. The van der Waals surface area contributed by atoms with Gasteiger partial charge in [0.25, 0.3) is 0 Å². The molecular formula is C14H16N2O2. The largest absolute Gasteiger partial charge is 0.445 e. The maximum absolute atomic E-state index is 11.8. The van der Waals surface area contributed by atoms with Gasteiger partial charge < -0.3 is 9.64 Å². The number of rotatable bonds is 2. The van der Waals surface area contributed by atoms with Crippen molar-refractivity contribution >= 4 is 6.09 Å². The first-order valence-electron chi connectivity index (χ1n) is 6.15. The molecule has 2 rings (SSSR count). The molecular weight excluding hydrogens is 228 g/mol. The molecule has 0 aliphatic carbocycles. The van der Waals surface area contributed by atoms with E-state index in [0.29, 0.717) is 13.1 Å². The van der Waals surface area contributed by atoms with Crippen LogP contribution in [0.15, 0.2) is 30.3 Å². The molecule has 0 aromatic heterocycles. The predicted octanol–water partition coefficient (Wildman–Crippen LogP) is 2.56. The van der Waals surface area contributed by atoms with Crippen molar-refractivity contribution in [1.29, 1.82) is 5.26 Å². The number of piperidine rings is 1. The molecule has 94 valence electrons. The molecule has 1 aromatic rings. The summed E-state index contributed by atoms with van der Waals surface area (Å²) in [6.07, 6.45) is 1.43. The molecule has 0 N–H and O–H groups in total. The number of nitrogens with zero attached hydrogens (tertiary/aromatic N) is 2. The minimum absolute atomic E-state index is 0.0528. The van der Waals surface area contributed by atoms with Crippen molar-refractivity contribution in [3.8, 4) is 6.07 Å². The normalized spacial score (nSPS) is 19.1. The van der Waals surface area contributed by atoms with Gasteiger partial charge in [-0.25, -0.2) is 4.79 Å². The Bertz CT molecular complexity index is 439. The summed E-state index contributed by atoms with van der Waals surface area (Å²) in [5.74, 6) is -0.0528. The number of hydrogen-bond donors (Lipinski definition) is 0. The fraction of sp³-hybridized carbons (Fsp3) is 0.429. The lowest BCUT2D eigenvalue weighted by atomic mass is 10.0. The summed E-state index contributed by atoms with van der Waals surface area (Å²) in [6, 6.07) is 11.8. The summed E-state index contributed by atoms with van der Waals surface area (Å²) < 4.78 is 5.24. The second kappa shape index (κ2) is 6.06. The summed E-state index contributed by atoms with van der Waals surface area (Å²) in [7, 11) is 0. The van der Waals surface area contributed by atoms with Gasteiger partial charge in [0.2, 0.25) is 0 Å². The van der Waals surface area contributed by atoms with E-state index < -0.39 is 0 Å². The van der Waals surface area contributed by atoms with Crippen LogP contribution in [-0.2, 0) is 11.3 Å². The van der Waals surface area contributed by atoms with Crippen LogP contribution in [0.5, 0.6) is 0 Å². The molecule has 0 bridgehead atoms. The van der Waals surface area contributed by atoms with E-state index in [1.165, 1.54) is 0 Å². The molecule has 1 heterocycles. The molecule has 1 aromatic carbocycles. The molecule has 4 heteroatoms. The van der Waals surface area contributed by atoms with Gasteiger partial charge in [0.1, 0.15) is 6.61 Å². The number of carbonyl (C=O) groups excluding carboxylic acids is 1. The first-order valence-corrected chi connectivity index (χ1v) is 6.15. The van der Waals surface area contributed by atoms with E-state index in [1.54, 1.807) is 4.90 Å². The molecule has 1 saturated heterocycles. The Morgan fingerprint density at radius 2 is 2.22 bits per heavy atom. The molecule has 1 fully saturated rings. The SMILES string of the molecule is N#C[C@H]1CCCN(C(=O)OCc2ccccc2)C1. The standard InChI is InChI=1S/C14H16N2O2/c15-9-13-7-4-8-16(10-13)14(17)18-11-12-5-2-1-3-6-12/h1-3,5-6,13H,4,7-8,10-11H2/t13-/m1/s1. The van der Waals surface area contributed by atoms with Crippen LogP contribution in [0.2, 0.25) is 0 Å². The average molecular weight is 244 g/mol. The molecule has 1 aliphatic rings. The summed E-state index contributed by atoms with van der Waals surface area (Å²) in [5.41, 5.74) is 0.972. The summed E-state index contributed by atoms with van der Waals surface area (Å²) >= 11 is 0. The Hall–Kier alpha value is -2.02. The fourth-order valence-corrected chi connectivity index (χ4v) is 2.06. The summed E-state index contributed by atoms with van der Waals surface area (Å²) in [5, 5.41) is 8.87. The van der Waals surface area contributed by atoms with Crippen molar-refractivity contribution in [1.82, 2.24) is 4.90 Å². The van der Waals surface area contributed by atoms with Crippen LogP contribution >= 0.6 is 0 Å². The third-order valence-electron chi connectivity index (χ3n) is 3.07. The minimum Gasteiger partial charge on any atom is -0.445 e. The second-order valence-corrected chi connectivity index (χ2v) is 4.45. The van der Waals surface area contributed by atoms with Crippen molar-refractivity contribution in [2.45, 2.75) is 19.4 Å². The lowest BCUT2D eigenvalue weighted by molar-refractivity contribution is 0.0842. The third kappa shape index (κ3) is 3.24. The lowest BCUT2D eigenvalue weighted by Gasteiger charge is -2.28. The predicted molar refractivity (Wildman–Crippen MR) is 66.5 cm³/mol. The van der Waals surface area contributed by atoms with Gasteiger partial charge in [-0.2, -0.15) is 5.26 Å². The van der Waals surface area contributed by atoms with Crippen molar-refractivity contribution < 1.29 is 9.53 Å². The number of nitriles is 1. The maximum Gasteiger partial charge on any atom is 0.410 e. The molecule has 1 atom stereocenters. The topological polar surface area (TPSA) is 53.3 Å². The smallest absolute Gasteiger partial charge is 0.410 e. The van der Waals surface area contributed by atoms with Crippen LogP contribution in [0.25, 0.3) is 0 Å². The van der Waals surface area contributed by atoms with Gasteiger partial charge in [-0.05, 0) is 18.4 Å². The van der Waals surface area contributed by atoms with Crippen molar-refractivity contribution in [2.75, 3.05) is 13.1 Å². The summed E-state index contributed by atoms with van der Waals surface area (Å²) in [4.78, 5) is 13.5. The summed E-state index contributed by atoms with van der Waals surface area (Å²) in [6.45, 7) is 1.46. The van der Waals surface area contributed by atoms with Gasteiger partial charge in [0, 0.05) is 13.1 Å². The molecule has 1 aliphatic heterocycles. The van der Waals surface area contributed by atoms with E-state index in [-0.39, 0.29) is 18.6 Å². The highest BCUT2D eigenvalue weighted by molar-refractivity contribution is 5.67. The average Bonchev–Trinajstić information content (AvgIpc) is 2.46. The van der Waals surface area contributed by atoms with E-state index in [4.69, 9.17) is 10.00 Å². The Balaban J connectivity index is 1.83. The van der Waals surface area contributed by atoms with Crippen molar-refractivity contribution in [3.63, 3.8) is 0 Å². The number of carbonyl (C=O) groups is 1. The Kier molecular flexibility index (Phi) is 4.19. The monoisotopic (exact) mass is 244 g/mol. The number of benzene rings is 1. The Morgan fingerprint density at radius 3 is 2.94 bits per heavy atom. The van der Waals surface area contributed by atoms with Gasteiger partial charge in [-0.3, -0.25) is 0 Å². The van der Waals surface area contributed by atoms with Crippen LogP contribution in [-0.4, -0.2) is 24.1 Å². The highest BCUT2D eigenvalue weighted by Gasteiger charge is 2.24. The van der Waals surface area contributed by atoms with E-state index in [1.807, 2.05) is 30.3 Å². The second-order valence-electron chi connectivity index (χ2n) is 4.45. The first-order chi connectivity index (χ1) is 8.79. The van der Waals surface area contributed by atoms with Gasteiger partial charge in [-0.1, -0.05) is 30.3 Å². The van der Waals surface area contributed by atoms with Crippen LogP contribution in [0.4, 0.5) is 4.79 Å². The lowest BCUT2D eigenvalue weighted by Crippen LogP contribution is -2.39. The zero-order valence-corrected chi connectivity index (χ0v) is 10.2. The van der Waals surface area contributed by atoms with Crippen molar-refractivity contribution in [3.05, 3.63) is 35.9 Å². The number of amides is 1. The minimum atomic E-state index is -0.321. The van der Waals surface area contributed by atoms with Gasteiger partial charge >= 0.3 is 6.09 Å². The molecule has 18 heavy (non-hydrogen) atoms. The van der Waals surface area contributed by atoms with Gasteiger partial charge in [-0.15, -0.1) is 0 Å². The highest BCUT2D eigenvalue weighted by atomic mass is 16.6. The van der Waals surface area contributed by atoms with E-state index in [0.717, 1.165) is 18.4 Å². The van der Waals surface area contributed by atoms with Crippen LogP contribution < -0.4 is 0 Å². The Morgan fingerprint density at radius 1 is 1.44 bits per heavy atom. The zero-order valence-electron chi connectivity index (χ0n) is 10.2. The maximum atomic E-state index is 11.8. The van der Waals surface area contributed by atoms with Gasteiger partial charge in [0.15, 0.2) is 0 Å². The number of likely N-dealkylation sites (tertiary alicyclic amines) is 1. The molecule has 4 nitrogen and oxygen atoms in total. The zero-order chi connectivity index (χ0) is 12.8. The quantitative estimate of drug-likeness (QED) is 0.803. The molecule has 0 spiro atoms. The third-order valence-corrected chi connectivity index (χ3v) is 3.07. The van der Waals surface area contributed by atoms with Crippen LogP contribution in [0.3, 0.4) is 0 Å². The van der Waals surface area contributed by atoms with Gasteiger partial charge in [0.05, 0.1) is 12.0 Å². The van der Waals surface area contributed by atoms with Crippen LogP contribution in [0.1, 0.15) is 18.4 Å². The van der Waals surface area contributed by atoms with Crippen molar-refractivity contribution in [2.24, 2.45) is 5.92 Å². The molecule has 0 radical (unpaired) electrons. The Labute approximate surface area is 107 Å². The first kappa shape index (κ1) is 12.4. The fourth-order valence-electron chi connectivity index (χ4n) is 2.06. The molecule has 0 unspecified atom stereocenters. The molecule has 1 amide bonds. The van der Waals surface area contributed by atoms with E-state index in [2.05, 4.69) is 6.07 Å². The van der Waals surface area contributed by atoms with E-state index in [9.17, 15) is 4.79 Å². The number of ether oxygens (including phenoxy) is 1. The van der Waals surface area contributed by atoms with E-state index >= 15 is 0 Å².